The maximum Gasteiger partial charge on any atom is 0.315 e. The predicted octanol–water partition coefficient (Wildman–Crippen LogP) is 3.16. The highest BCUT2D eigenvalue weighted by Crippen LogP contribution is 2.30. The smallest absolute Gasteiger partial charge is 0.315 e. The number of nitrogens with one attached hydrogen (secondary N) is 2. The molecule has 0 heterocycles. The second-order valence-corrected chi connectivity index (χ2v) is 4.92. The zero-order valence-corrected chi connectivity index (χ0v) is 11.2. The monoisotopic (exact) mass is 246 g/mol. The number of carbonyl (C=O) groups excluding carboxylic acids is 1. The standard InChI is InChI=1S/C15H22N2O/c1-3-12(4-2)16-15(18)17-14-10-9-11-7-5-6-8-13(11)14/h5-8,12,14H,3-4,9-10H2,1-2H3,(H2,16,17,18). The molecule has 1 atom stereocenters. The number of benzene rings is 1. The largest absolute Gasteiger partial charge is 0.335 e. The summed E-state index contributed by atoms with van der Waals surface area (Å²) in [6, 6.07) is 8.78. The minimum Gasteiger partial charge on any atom is -0.335 e. The molecule has 1 aliphatic rings. The van der Waals surface area contributed by atoms with Crippen molar-refractivity contribution in [3.8, 4) is 0 Å². The lowest BCUT2D eigenvalue weighted by molar-refractivity contribution is 0.232. The van der Waals surface area contributed by atoms with Crippen LogP contribution in [0.1, 0.15) is 50.3 Å². The number of hydrogen-bond acceptors (Lipinski definition) is 1. The molecule has 0 spiro atoms. The van der Waals surface area contributed by atoms with E-state index in [1.165, 1.54) is 11.1 Å². The Balaban J connectivity index is 1.93. The molecule has 2 N–H and O–H groups in total. The van der Waals surface area contributed by atoms with Crippen molar-refractivity contribution in [3.05, 3.63) is 35.4 Å². The SMILES string of the molecule is CCC(CC)NC(=O)NC1CCc2ccccc21. The van der Waals surface area contributed by atoms with E-state index in [1.54, 1.807) is 0 Å². The Labute approximate surface area is 109 Å². The third-order valence-electron chi connectivity index (χ3n) is 3.76. The first-order chi connectivity index (χ1) is 8.74. The van der Waals surface area contributed by atoms with Gasteiger partial charge in [0.2, 0.25) is 0 Å². The number of amides is 2. The van der Waals surface area contributed by atoms with E-state index in [2.05, 4.69) is 42.7 Å². The molecule has 3 nitrogen and oxygen atoms in total. The minimum absolute atomic E-state index is 0.0367. The average molecular weight is 246 g/mol. The van der Waals surface area contributed by atoms with E-state index in [4.69, 9.17) is 0 Å². The first-order valence-corrected chi connectivity index (χ1v) is 6.89. The van der Waals surface area contributed by atoms with Crippen molar-refractivity contribution in [1.82, 2.24) is 10.6 Å². The fourth-order valence-corrected chi connectivity index (χ4v) is 2.59. The Morgan fingerprint density at radius 2 is 2.06 bits per heavy atom. The van der Waals surface area contributed by atoms with E-state index in [0.717, 1.165) is 25.7 Å². The number of hydrogen-bond donors (Lipinski definition) is 2. The van der Waals surface area contributed by atoms with E-state index in [9.17, 15) is 4.79 Å². The predicted molar refractivity (Wildman–Crippen MR) is 73.5 cm³/mol. The van der Waals surface area contributed by atoms with E-state index in [0.29, 0.717) is 0 Å². The van der Waals surface area contributed by atoms with Crippen LogP contribution in [-0.4, -0.2) is 12.1 Å². The van der Waals surface area contributed by atoms with Crippen molar-refractivity contribution in [2.24, 2.45) is 0 Å². The molecule has 0 aliphatic heterocycles. The van der Waals surface area contributed by atoms with Gasteiger partial charge in [-0.05, 0) is 36.8 Å². The van der Waals surface area contributed by atoms with Gasteiger partial charge in [-0.2, -0.15) is 0 Å². The zero-order valence-electron chi connectivity index (χ0n) is 11.2. The van der Waals surface area contributed by atoms with Crippen molar-refractivity contribution < 1.29 is 4.79 Å². The van der Waals surface area contributed by atoms with Crippen LogP contribution in [0, 0.1) is 0 Å². The molecule has 1 unspecified atom stereocenters. The van der Waals surface area contributed by atoms with Crippen molar-refractivity contribution >= 4 is 6.03 Å². The maximum absolute atomic E-state index is 11.9. The quantitative estimate of drug-likeness (QED) is 0.841. The summed E-state index contributed by atoms with van der Waals surface area (Å²) in [4.78, 5) is 11.9. The van der Waals surface area contributed by atoms with Crippen molar-refractivity contribution in [3.63, 3.8) is 0 Å². The van der Waals surface area contributed by atoms with Crippen LogP contribution in [0.15, 0.2) is 24.3 Å². The Kier molecular flexibility index (Phi) is 4.24. The molecule has 0 fully saturated rings. The average Bonchev–Trinajstić information content (AvgIpc) is 2.79. The lowest BCUT2D eigenvalue weighted by atomic mass is 10.1. The molecule has 1 aliphatic carbocycles. The summed E-state index contributed by atoms with van der Waals surface area (Å²) in [5.41, 5.74) is 2.64. The van der Waals surface area contributed by atoms with Crippen LogP contribution < -0.4 is 10.6 Å². The fraction of sp³-hybridized carbons (Fsp3) is 0.533. The summed E-state index contributed by atoms with van der Waals surface area (Å²) < 4.78 is 0. The third kappa shape index (κ3) is 2.84. The summed E-state index contributed by atoms with van der Waals surface area (Å²) in [7, 11) is 0. The Hall–Kier alpha value is -1.51. The number of aryl methyl sites for hydroxylation is 1. The Morgan fingerprint density at radius 3 is 2.78 bits per heavy atom. The lowest BCUT2D eigenvalue weighted by Crippen LogP contribution is -2.42. The second kappa shape index (κ2) is 5.89. The van der Waals surface area contributed by atoms with Crippen LogP contribution >= 0.6 is 0 Å². The highest BCUT2D eigenvalue weighted by molar-refractivity contribution is 5.75. The second-order valence-electron chi connectivity index (χ2n) is 4.92. The van der Waals surface area contributed by atoms with Gasteiger partial charge in [0, 0.05) is 6.04 Å². The number of carbonyl (C=O) groups is 1. The lowest BCUT2D eigenvalue weighted by Gasteiger charge is -2.19. The molecule has 0 saturated heterocycles. The molecular weight excluding hydrogens is 224 g/mol. The van der Waals surface area contributed by atoms with Gasteiger partial charge < -0.3 is 10.6 Å². The number of urea groups is 1. The normalized spacial score (nSPS) is 17.6. The first kappa shape index (κ1) is 12.9. The van der Waals surface area contributed by atoms with Crippen LogP contribution in [0.2, 0.25) is 0 Å². The van der Waals surface area contributed by atoms with E-state index in [1.807, 2.05) is 6.07 Å². The Bertz CT molecular complexity index is 413. The molecule has 98 valence electrons. The summed E-state index contributed by atoms with van der Waals surface area (Å²) in [5, 5.41) is 6.11. The first-order valence-electron chi connectivity index (χ1n) is 6.89. The van der Waals surface area contributed by atoms with Gasteiger partial charge in [-0.25, -0.2) is 4.79 Å². The number of rotatable bonds is 4. The molecule has 0 bridgehead atoms. The Morgan fingerprint density at radius 1 is 1.33 bits per heavy atom. The van der Waals surface area contributed by atoms with E-state index in [-0.39, 0.29) is 18.1 Å². The molecule has 0 saturated carbocycles. The molecule has 3 heteroatoms. The van der Waals surface area contributed by atoms with Gasteiger partial charge in [-0.3, -0.25) is 0 Å². The highest BCUT2D eigenvalue weighted by atomic mass is 16.2. The summed E-state index contributed by atoms with van der Waals surface area (Å²) in [6.07, 6.45) is 4.03. The summed E-state index contributed by atoms with van der Waals surface area (Å²) >= 11 is 0. The van der Waals surface area contributed by atoms with E-state index < -0.39 is 0 Å². The maximum atomic E-state index is 11.9. The molecule has 2 amide bonds. The van der Waals surface area contributed by atoms with Gasteiger partial charge in [0.1, 0.15) is 0 Å². The zero-order chi connectivity index (χ0) is 13.0. The van der Waals surface area contributed by atoms with E-state index >= 15 is 0 Å². The topological polar surface area (TPSA) is 41.1 Å². The van der Waals surface area contributed by atoms with Gasteiger partial charge in [-0.1, -0.05) is 38.1 Å². The van der Waals surface area contributed by atoms with Gasteiger partial charge in [0.15, 0.2) is 0 Å². The molecular formula is C15H22N2O. The van der Waals surface area contributed by atoms with Crippen LogP contribution in [0.4, 0.5) is 4.79 Å². The van der Waals surface area contributed by atoms with Crippen LogP contribution in [0.25, 0.3) is 0 Å². The molecule has 0 radical (unpaired) electrons. The molecule has 2 rings (SSSR count). The summed E-state index contributed by atoms with van der Waals surface area (Å²) in [5.74, 6) is 0. The van der Waals surface area contributed by atoms with Gasteiger partial charge in [-0.15, -0.1) is 0 Å². The van der Waals surface area contributed by atoms with Crippen LogP contribution in [0.5, 0.6) is 0 Å². The van der Waals surface area contributed by atoms with Gasteiger partial charge in [0.05, 0.1) is 6.04 Å². The van der Waals surface area contributed by atoms with Gasteiger partial charge in [0.25, 0.3) is 0 Å². The molecule has 1 aromatic rings. The molecule has 18 heavy (non-hydrogen) atoms. The summed E-state index contributed by atoms with van der Waals surface area (Å²) in [6.45, 7) is 4.19. The van der Waals surface area contributed by atoms with Crippen molar-refractivity contribution in [1.29, 1.82) is 0 Å². The van der Waals surface area contributed by atoms with Crippen LogP contribution in [-0.2, 0) is 6.42 Å². The highest BCUT2D eigenvalue weighted by Gasteiger charge is 2.23. The third-order valence-corrected chi connectivity index (χ3v) is 3.76. The van der Waals surface area contributed by atoms with Crippen molar-refractivity contribution in [2.75, 3.05) is 0 Å². The molecule has 0 aromatic heterocycles. The van der Waals surface area contributed by atoms with Crippen LogP contribution in [0.3, 0.4) is 0 Å². The van der Waals surface area contributed by atoms with Crippen molar-refractivity contribution in [2.45, 2.75) is 51.6 Å². The van der Waals surface area contributed by atoms with Gasteiger partial charge >= 0.3 is 6.03 Å². The fourth-order valence-electron chi connectivity index (χ4n) is 2.59. The molecule has 1 aromatic carbocycles. The minimum atomic E-state index is -0.0367. The number of fused-ring (bicyclic) bond motifs is 1.